The number of aromatic hydroxyl groups is 1. The van der Waals surface area contributed by atoms with Crippen LogP contribution in [0.4, 0.5) is 5.69 Å². The largest absolute Gasteiger partial charge is 0.508 e. The predicted octanol–water partition coefficient (Wildman–Crippen LogP) is 17.4. The van der Waals surface area contributed by atoms with Crippen LogP contribution in [0.1, 0.15) is 247 Å². The lowest BCUT2D eigenvalue weighted by molar-refractivity contribution is -0.130. The number of rotatable bonds is 33. The Bertz CT molecular complexity index is 2200. The minimum atomic E-state index is -0.454. The molecule has 0 bridgehead atoms. The van der Waals surface area contributed by atoms with Crippen molar-refractivity contribution in [2.24, 2.45) is 11.7 Å². The van der Waals surface area contributed by atoms with Crippen LogP contribution in [-0.2, 0) is 4.79 Å². The average Bonchev–Trinajstić information content (AvgIpc) is 3.51. The second-order valence-electron chi connectivity index (χ2n) is 21.0. The highest BCUT2D eigenvalue weighted by molar-refractivity contribution is 5.99. The number of para-hydroxylation sites is 1. The van der Waals surface area contributed by atoms with Gasteiger partial charge in [-0.25, -0.2) is 0 Å². The van der Waals surface area contributed by atoms with E-state index in [1.165, 1.54) is 100 Å². The molecule has 0 aliphatic rings. The van der Waals surface area contributed by atoms with Gasteiger partial charge in [0.15, 0.2) is 0 Å². The Morgan fingerprint density at radius 3 is 1.52 bits per heavy atom. The van der Waals surface area contributed by atoms with Crippen molar-refractivity contribution in [3.05, 3.63) is 118 Å². The Kier molecular flexibility index (Phi) is 50.7. The fourth-order valence-electron chi connectivity index (χ4n) is 8.04. The van der Waals surface area contributed by atoms with E-state index >= 15 is 0 Å². The summed E-state index contributed by atoms with van der Waals surface area (Å²) in [6, 6.07) is 25.9. The van der Waals surface area contributed by atoms with Gasteiger partial charge in [-0.2, -0.15) is 0 Å². The lowest BCUT2D eigenvalue weighted by Gasteiger charge is -2.27. The molecule has 0 saturated heterocycles. The number of hydrogen-bond donors (Lipinski definition) is 4. The smallest absolute Gasteiger partial charge is 0.252 e. The molecule has 0 heterocycles. The summed E-state index contributed by atoms with van der Waals surface area (Å²) in [6.45, 7) is 33.9. The summed E-state index contributed by atoms with van der Waals surface area (Å²) in [5.41, 5.74) is 11.4. The summed E-state index contributed by atoms with van der Waals surface area (Å²) in [7, 11) is 0. The molecule has 466 valence electrons. The first kappa shape index (κ1) is 80.2. The molecule has 12 nitrogen and oxygen atoms in total. The number of carbonyl (C=O) groups excluding carboxylic acids is 4. The van der Waals surface area contributed by atoms with Gasteiger partial charge in [-0.1, -0.05) is 183 Å². The predicted molar refractivity (Wildman–Crippen MR) is 351 cm³/mol. The maximum atomic E-state index is 11.7. The third kappa shape index (κ3) is 37.9. The molecule has 0 radical (unpaired) electrons. The van der Waals surface area contributed by atoms with Gasteiger partial charge in [0.1, 0.15) is 17.2 Å². The van der Waals surface area contributed by atoms with Crippen LogP contribution in [-0.4, -0.2) is 86.1 Å². The van der Waals surface area contributed by atoms with Gasteiger partial charge in [0.2, 0.25) is 5.91 Å². The number of nitrogens with zero attached hydrogens (tertiary/aromatic N) is 2. The molecule has 0 unspecified atom stereocenters. The number of carbonyl (C=O) groups is 4. The van der Waals surface area contributed by atoms with Gasteiger partial charge in [0.05, 0.1) is 24.5 Å². The lowest BCUT2D eigenvalue weighted by Crippen LogP contribution is -2.30. The number of primary amides is 1. The van der Waals surface area contributed by atoms with E-state index in [1.54, 1.807) is 48.5 Å². The van der Waals surface area contributed by atoms with Crippen LogP contribution in [0, 0.1) is 26.7 Å². The van der Waals surface area contributed by atoms with Crippen molar-refractivity contribution < 1.29 is 33.8 Å². The third-order valence-corrected chi connectivity index (χ3v) is 12.9. The molecule has 0 aliphatic heterocycles. The highest BCUT2D eigenvalue weighted by Crippen LogP contribution is 2.31. The van der Waals surface area contributed by atoms with Gasteiger partial charge >= 0.3 is 0 Å². The first-order chi connectivity index (χ1) is 38.5. The summed E-state index contributed by atoms with van der Waals surface area (Å²) >= 11 is 0. The summed E-state index contributed by atoms with van der Waals surface area (Å²) in [6.07, 6.45) is 21.6. The number of phenols is 1. The zero-order valence-electron chi connectivity index (χ0n) is 52.4. The molecule has 12 heteroatoms. The van der Waals surface area contributed by atoms with Gasteiger partial charge < -0.3 is 40.7 Å². The number of amides is 4. The molecular weight excluding hydrogens is 1020 g/mol. The highest BCUT2D eigenvalue weighted by atomic mass is 16.5. The summed E-state index contributed by atoms with van der Waals surface area (Å²) in [5.74, 6) is 2.03. The number of aryl methyl sites for hydroxylation is 3. The molecule has 0 saturated carbocycles. The number of hydrogen-bond acceptors (Lipinski definition) is 8. The molecular formula is C70H119N5O7. The van der Waals surface area contributed by atoms with E-state index in [0.29, 0.717) is 59.7 Å². The number of nitrogens with two attached hydrogens (primary N) is 1. The standard InChI is InChI=1S/C19H33NO.C16H33NO.C14H20N2O2.C11H15NO2.C8H10O.2CH4/c1-5-8-13-20(14-9-6-2)18-16-17(4)11-12-19(18)21-15-10-7-3;1-4-7-8-9-10-11-12-13-14-15-16(18)17(5-2)6-3;1-3-8-15-13(17)11-6-5-7-12(10-11)14(18)16-9-4-2;1-8(2)7-14-10-6-4-3-5-9(10)11(12)13;1-6-3-4-8(9)7(2)5-6;;/h11-12,16H,5-10,13-15H2,1-4H3;4-15H2,1-3H3;5-7,10H,3-4,8-9H2,1-2H3,(H,15,17)(H,16,18);3-6,8H,7H2,1-2H3,(H2,12,13);3-5,9H,1-2H3;2*1H4. The van der Waals surface area contributed by atoms with Gasteiger partial charge in [-0.3, -0.25) is 19.2 Å². The molecule has 4 aromatic carbocycles. The Balaban J connectivity index is -0.000000964. The van der Waals surface area contributed by atoms with Gasteiger partial charge in [0.25, 0.3) is 17.7 Å². The van der Waals surface area contributed by atoms with E-state index in [4.69, 9.17) is 20.3 Å². The van der Waals surface area contributed by atoms with Crippen LogP contribution in [0.25, 0.3) is 0 Å². The van der Waals surface area contributed by atoms with Gasteiger partial charge in [-0.15, -0.1) is 0 Å². The van der Waals surface area contributed by atoms with Crippen LogP contribution in [0.5, 0.6) is 17.2 Å². The lowest BCUT2D eigenvalue weighted by atomic mass is 10.1. The van der Waals surface area contributed by atoms with E-state index in [1.807, 2.05) is 64.6 Å². The van der Waals surface area contributed by atoms with E-state index in [-0.39, 0.29) is 26.7 Å². The number of benzene rings is 4. The molecule has 4 amide bonds. The monoisotopic (exact) mass is 1140 g/mol. The second-order valence-corrected chi connectivity index (χ2v) is 21.0. The second kappa shape index (κ2) is 51.8. The maximum absolute atomic E-state index is 11.7. The Morgan fingerprint density at radius 1 is 0.549 bits per heavy atom. The number of anilines is 1. The molecule has 0 aliphatic carbocycles. The van der Waals surface area contributed by atoms with Crippen LogP contribution in [0.2, 0.25) is 0 Å². The number of ether oxygens (including phenoxy) is 2. The van der Waals surface area contributed by atoms with E-state index in [0.717, 1.165) is 76.2 Å². The fraction of sp³-hybridized carbons (Fsp3) is 0.600. The van der Waals surface area contributed by atoms with E-state index in [9.17, 15) is 19.2 Å². The van der Waals surface area contributed by atoms with Crippen LogP contribution >= 0.6 is 0 Å². The van der Waals surface area contributed by atoms with Crippen molar-refractivity contribution in [1.29, 1.82) is 0 Å². The van der Waals surface area contributed by atoms with Crippen molar-refractivity contribution in [2.75, 3.05) is 57.4 Å². The first-order valence-corrected chi connectivity index (χ1v) is 30.7. The third-order valence-electron chi connectivity index (χ3n) is 12.9. The Morgan fingerprint density at radius 2 is 1.05 bits per heavy atom. The normalized spacial score (nSPS) is 10.0. The van der Waals surface area contributed by atoms with Gasteiger partial charge in [-0.05, 0) is 139 Å². The number of phenolic OH excluding ortho intramolecular Hbond substituents is 1. The zero-order chi connectivity index (χ0) is 59.9. The van der Waals surface area contributed by atoms with E-state index in [2.05, 4.69) is 82.2 Å². The molecule has 82 heavy (non-hydrogen) atoms. The van der Waals surface area contributed by atoms with Crippen molar-refractivity contribution in [2.45, 2.75) is 220 Å². The summed E-state index contributed by atoms with van der Waals surface area (Å²) in [5, 5.41) is 14.6. The zero-order valence-corrected chi connectivity index (χ0v) is 52.4. The number of unbranched alkanes of at least 4 members (excludes halogenated alkanes) is 11. The van der Waals surface area contributed by atoms with Crippen LogP contribution < -0.4 is 30.7 Å². The minimum absolute atomic E-state index is 0. The number of nitrogens with one attached hydrogen (secondary N) is 2. The van der Waals surface area contributed by atoms with Crippen molar-refractivity contribution in [3.63, 3.8) is 0 Å². The molecule has 5 N–H and O–H groups in total. The quantitative estimate of drug-likeness (QED) is 0.0343. The summed E-state index contributed by atoms with van der Waals surface area (Å²) < 4.78 is 11.5. The Hall–Kier alpha value is -6.04. The van der Waals surface area contributed by atoms with Crippen LogP contribution in [0.15, 0.2) is 84.9 Å². The molecule has 0 atom stereocenters. The van der Waals surface area contributed by atoms with Crippen molar-refractivity contribution in [3.8, 4) is 17.2 Å². The molecule has 0 spiro atoms. The van der Waals surface area contributed by atoms with Gasteiger partial charge in [0, 0.05) is 56.8 Å². The molecule has 0 fully saturated rings. The van der Waals surface area contributed by atoms with Crippen molar-refractivity contribution in [1.82, 2.24) is 15.5 Å². The topological polar surface area (TPSA) is 164 Å². The molecule has 4 aromatic rings. The molecule has 4 rings (SSSR count). The Labute approximate surface area is 501 Å². The first-order valence-electron chi connectivity index (χ1n) is 30.7. The molecule has 0 aromatic heterocycles. The van der Waals surface area contributed by atoms with E-state index < -0.39 is 5.91 Å². The minimum Gasteiger partial charge on any atom is -0.508 e. The highest BCUT2D eigenvalue weighted by Gasteiger charge is 2.14. The fourth-order valence-corrected chi connectivity index (χ4v) is 8.04. The van der Waals surface area contributed by atoms with Crippen LogP contribution in [0.3, 0.4) is 0 Å². The SMILES string of the molecule is C.C.CC(C)COc1ccccc1C(N)=O.CCCCCCCCCCCC(=O)N(CC)CC.CCCCOc1ccc(C)cc1N(CCCC)CCCC.CCCNC(=O)c1cccc(C(=O)NCCC)c1.Cc1ccc(O)c(C)c1. The van der Waals surface area contributed by atoms with Crippen molar-refractivity contribution >= 4 is 29.3 Å². The summed E-state index contributed by atoms with van der Waals surface area (Å²) in [4.78, 5) is 50.7. The maximum Gasteiger partial charge on any atom is 0.252 e. The average molecular weight is 1140 g/mol.